The lowest BCUT2D eigenvalue weighted by molar-refractivity contribution is 0.661. The van der Waals surface area contributed by atoms with Crippen LogP contribution in [0, 0.1) is 0 Å². The van der Waals surface area contributed by atoms with Crippen LogP contribution < -0.4 is 0 Å². The van der Waals surface area contributed by atoms with Crippen molar-refractivity contribution in [2.24, 2.45) is 0 Å². The number of rotatable bonds is 2. The maximum absolute atomic E-state index is 5.62. The van der Waals surface area contributed by atoms with E-state index in [9.17, 15) is 0 Å². The Morgan fingerprint density at radius 2 is 1.00 bits per heavy atom. The molecule has 54 heavy (non-hydrogen) atoms. The van der Waals surface area contributed by atoms with Gasteiger partial charge in [-0.2, -0.15) is 0 Å². The predicted octanol–water partition coefficient (Wildman–Crippen LogP) is 13.3. The normalized spacial score (nSPS) is 13.5. The van der Waals surface area contributed by atoms with Crippen molar-refractivity contribution in [2.45, 2.75) is 19.3 Å². The summed E-state index contributed by atoms with van der Waals surface area (Å²) in [5.74, 6) is 0.675. The quantitative estimate of drug-likeness (QED) is 0.169. The molecule has 0 N–H and O–H groups in total. The number of nitrogens with zero attached hydrogens (tertiary/aromatic N) is 3. The van der Waals surface area contributed by atoms with Crippen LogP contribution in [0.2, 0.25) is 0 Å². The van der Waals surface area contributed by atoms with Crippen molar-refractivity contribution in [2.75, 3.05) is 0 Å². The highest BCUT2D eigenvalue weighted by Crippen LogP contribution is 2.51. The van der Waals surface area contributed by atoms with Crippen LogP contribution in [0.4, 0.5) is 0 Å². The summed E-state index contributed by atoms with van der Waals surface area (Å²) < 4.78 is 2.33. The van der Waals surface area contributed by atoms with Gasteiger partial charge in [-0.25, -0.2) is 9.97 Å². The van der Waals surface area contributed by atoms with Gasteiger partial charge in [-0.15, -0.1) is 0 Å². The second-order valence-corrected chi connectivity index (χ2v) is 15.4. The van der Waals surface area contributed by atoms with E-state index in [2.05, 4.69) is 182 Å². The number of aromatic nitrogens is 3. The second-order valence-electron chi connectivity index (χ2n) is 15.4. The van der Waals surface area contributed by atoms with Crippen LogP contribution >= 0.6 is 0 Å². The van der Waals surface area contributed by atoms with Gasteiger partial charge in [0, 0.05) is 27.1 Å². The molecule has 252 valence electrons. The molecule has 0 saturated carbocycles. The van der Waals surface area contributed by atoms with Crippen molar-refractivity contribution in [1.82, 2.24) is 14.5 Å². The van der Waals surface area contributed by atoms with Gasteiger partial charge in [-0.3, -0.25) is 4.57 Å². The molecule has 0 radical (unpaired) electrons. The van der Waals surface area contributed by atoms with Crippen molar-refractivity contribution in [3.63, 3.8) is 0 Å². The molecule has 0 atom stereocenters. The van der Waals surface area contributed by atoms with Crippen LogP contribution in [-0.2, 0) is 5.41 Å². The number of hydrogen-bond donors (Lipinski definition) is 0. The van der Waals surface area contributed by atoms with Gasteiger partial charge in [0.15, 0.2) is 0 Å². The Balaban J connectivity index is 1.23. The molecule has 3 nitrogen and oxygen atoms in total. The van der Waals surface area contributed by atoms with E-state index < -0.39 is 0 Å². The van der Waals surface area contributed by atoms with E-state index in [-0.39, 0.29) is 5.41 Å². The Hall–Kier alpha value is -6.84. The lowest BCUT2D eigenvalue weighted by Gasteiger charge is -2.21. The van der Waals surface area contributed by atoms with Gasteiger partial charge in [0.2, 0.25) is 5.95 Å². The topological polar surface area (TPSA) is 30.7 Å². The second kappa shape index (κ2) is 10.6. The fourth-order valence-electron chi connectivity index (χ4n) is 9.55. The van der Waals surface area contributed by atoms with Crippen LogP contribution in [0.1, 0.15) is 25.0 Å². The molecule has 11 aromatic rings. The average molecular weight is 688 g/mol. The number of para-hydroxylation sites is 1. The van der Waals surface area contributed by atoms with E-state index >= 15 is 0 Å². The smallest absolute Gasteiger partial charge is 0.235 e. The summed E-state index contributed by atoms with van der Waals surface area (Å²) in [5, 5.41) is 13.3. The van der Waals surface area contributed by atoms with E-state index in [0.29, 0.717) is 5.95 Å². The van der Waals surface area contributed by atoms with E-state index in [1.165, 1.54) is 76.1 Å². The van der Waals surface area contributed by atoms with Crippen molar-refractivity contribution in [3.05, 3.63) is 175 Å². The van der Waals surface area contributed by atoms with Crippen molar-refractivity contribution in [1.29, 1.82) is 0 Å². The van der Waals surface area contributed by atoms with E-state index in [0.717, 1.165) is 33.2 Å². The third kappa shape index (κ3) is 3.96. The zero-order valence-corrected chi connectivity index (χ0v) is 29.9. The maximum Gasteiger partial charge on any atom is 0.235 e. The average Bonchev–Trinajstić information content (AvgIpc) is 3.65. The minimum Gasteiger partial charge on any atom is -0.278 e. The molecule has 0 aliphatic heterocycles. The van der Waals surface area contributed by atoms with Gasteiger partial charge >= 0.3 is 0 Å². The lowest BCUT2D eigenvalue weighted by atomic mass is 9.82. The molecular formula is C51H33N3. The Kier molecular flexibility index (Phi) is 5.84. The standard InChI is InChI=1S/C51H33N3/c1-51(2)44-21-11-9-19-37(44)40-28-42-41-27-39-32(24-23-30-13-3-5-15-33(30)39)26-47(41)54(48(42)29-45(40)51)50-52-46-22-12-10-20-38(46)49(53-50)43-25-31-14-4-6-16-34(31)35-17-7-8-18-36(35)43/h3-29H,1-2H3. The summed E-state index contributed by atoms with van der Waals surface area (Å²) in [4.78, 5) is 11.0. The fraction of sp³-hybridized carbons (Fsp3) is 0.0588. The largest absolute Gasteiger partial charge is 0.278 e. The van der Waals surface area contributed by atoms with Gasteiger partial charge in [0.25, 0.3) is 0 Å². The van der Waals surface area contributed by atoms with Gasteiger partial charge in [0.05, 0.1) is 22.2 Å². The summed E-state index contributed by atoms with van der Waals surface area (Å²) >= 11 is 0. The molecule has 0 amide bonds. The SMILES string of the molecule is CC1(C)c2ccccc2-c2cc3c4cc5c(ccc6ccccc65)cc4n(-c4nc(-c5cc6ccccc6c6ccccc56)c5ccccc5n4)c3cc21. The third-order valence-electron chi connectivity index (χ3n) is 12.1. The molecule has 12 rings (SSSR count). The molecule has 1 aliphatic rings. The first-order valence-electron chi connectivity index (χ1n) is 18.7. The molecule has 2 aromatic heterocycles. The molecule has 3 heteroatoms. The van der Waals surface area contributed by atoms with Gasteiger partial charge in [-0.05, 0) is 102 Å². The van der Waals surface area contributed by atoms with Crippen LogP contribution in [0.3, 0.4) is 0 Å². The summed E-state index contributed by atoms with van der Waals surface area (Å²) in [6, 6.07) is 59.9. The molecule has 0 fully saturated rings. The summed E-state index contributed by atoms with van der Waals surface area (Å²) in [7, 11) is 0. The van der Waals surface area contributed by atoms with Crippen molar-refractivity contribution in [3.8, 4) is 28.3 Å². The number of benzene rings is 9. The third-order valence-corrected chi connectivity index (χ3v) is 12.1. The summed E-state index contributed by atoms with van der Waals surface area (Å²) in [6.07, 6.45) is 0. The summed E-state index contributed by atoms with van der Waals surface area (Å²) in [6.45, 7) is 4.71. The molecule has 2 heterocycles. The first-order chi connectivity index (χ1) is 26.5. The van der Waals surface area contributed by atoms with Crippen LogP contribution in [0.15, 0.2) is 164 Å². The Labute approximate surface area is 311 Å². The molecule has 0 bridgehead atoms. The highest BCUT2D eigenvalue weighted by molar-refractivity contribution is 6.20. The van der Waals surface area contributed by atoms with Gasteiger partial charge in [0.1, 0.15) is 0 Å². The zero-order valence-electron chi connectivity index (χ0n) is 29.9. The molecule has 0 saturated heterocycles. The lowest BCUT2D eigenvalue weighted by Crippen LogP contribution is -2.15. The van der Waals surface area contributed by atoms with E-state index in [4.69, 9.17) is 9.97 Å². The minimum atomic E-state index is -0.151. The van der Waals surface area contributed by atoms with Crippen LogP contribution in [-0.4, -0.2) is 14.5 Å². The highest BCUT2D eigenvalue weighted by Gasteiger charge is 2.36. The molecule has 1 aliphatic carbocycles. The Morgan fingerprint density at radius 3 is 1.85 bits per heavy atom. The fourth-order valence-corrected chi connectivity index (χ4v) is 9.55. The first-order valence-corrected chi connectivity index (χ1v) is 18.7. The van der Waals surface area contributed by atoms with Crippen LogP contribution in [0.25, 0.3) is 104 Å². The van der Waals surface area contributed by atoms with Gasteiger partial charge < -0.3 is 0 Å². The number of fused-ring (bicyclic) bond motifs is 13. The molecule has 9 aromatic carbocycles. The van der Waals surface area contributed by atoms with Crippen molar-refractivity contribution < 1.29 is 0 Å². The number of hydrogen-bond acceptors (Lipinski definition) is 2. The molecule has 0 unspecified atom stereocenters. The maximum atomic E-state index is 5.62. The first kappa shape index (κ1) is 29.7. The molecular weight excluding hydrogens is 655 g/mol. The Morgan fingerprint density at radius 1 is 0.389 bits per heavy atom. The van der Waals surface area contributed by atoms with E-state index in [1.807, 2.05) is 0 Å². The molecule has 0 spiro atoms. The monoisotopic (exact) mass is 687 g/mol. The van der Waals surface area contributed by atoms with E-state index in [1.54, 1.807) is 0 Å². The summed E-state index contributed by atoms with van der Waals surface area (Å²) in [5.41, 5.74) is 10.4. The van der Waals surface area contributed by atoms with Crippen LogP contribution in [0.5, 0.6) is 0 Å². The highest BCUT2D eigenvalue weighted by atomic mass is 15.2. The zero-order chi connectivity index (χ0) is 35.7. The minimum absolute atomic E-state index is 0.151. The Bertz CT molecular complexity index is 3420. The van der Waals surface area contributed by atoms with Gasteiger partial charge in [-0.1, -0.05) is 141 Å². The predicted molar refractivity (Wildman–Crippen MR) is 227 cm³/mol. The van der Waals surface area contributed by atoms with Crippen molar-refractivity contribution >= 4 is 75.8 Å².